The maximum absolute atomic E-state index is 11.1. The van der Waals surface area contributed by atoms with Crippen LogP contribution in [0.25, 0.3) is 0 Å². The van der Waals surface area contributed by atoms with Crippen molar-refractivity contribution in [3.63, 3.8) is 0 Å². The third kappa shape index (κ3) is 5.94. The van der Waals surface area contributed by atoms with Crippen molar-refractivity contribution in [3.05, 3.63) is 0 Å². The van der Waals surface area contributed by atoms with Gasteiger partial charge in [-0.25, -0.2) is 0 Å². The summed E-state index contributed by atoms with van der Waals surface area (Å²) in [6.45, 7) is 3.98. The van der Waals surface area contributed by atoms with Crippen LogP contribution in [0.5, 0.6) is 0 Å². The Balaban J connectivity index is 1.81. The largest absolute Gasteiger partial charge is 0.462 e. The van der Waals surface area contributed by atoms with E-state index in [0.717, 1.165) is 13.0 Å². The number of esters is 1. The lowest BCUT2D eigenvalue weighted by Crippen LogP contribution is -2.27. The summed E-state index contributed by atoms with van der Waals surface area (Å²) in [7, 11) is 0. The first-order valence-corrected chi connectivity index (χ1v) is 5.29. The predicted octanol–water partition coefficient (Wildman–Crippen LogP) is 0.708. The highest BCUT2D eigenvalue weighted by molar-refractivity contribution is 5.71. The van der Waals surface area contributed by atoms with Crippen molar-refractivity contribution < 1.29 is 14.3 Å². The summed E-state index contributed by atoms with van der Waals surface area (Å²) in [5, 5.41) is 3.09. The fourth-order valence-electron chi connectivity index (χ4n) is 1.03. The molecular formula is C10H19NO3. The van der Waals surface area contributed by atoms with Crippen LogP contribution in [0.1, 0.15) is 26.2 Å². The van der Waals surface area contributed by atoms with Gasteiger partial charge in [0.05, 0.1) is 13.2 Å². The number of ether oxygens (including phenoxy) is 2. The lowest BCUT2D eigenvalue weighted by Gasteiger charge is -2.05. The van der Waals surface area contributed by atoms with Crippen LogP contribution < -0.4 is 5.32 Å². The van der Waals surface area contributed by atoms with Crippen molar-refractivity contribution in [1.82, 2.24) is 5.32 Å². The van der Waals surface area contributed by atoms with Gasteiger partial charge < -0.3 is 14.8 Å². The molecule has 1 N–H and O–H groups in total. The van der Waals surface area contributed by atoms with E-state index in [9.17, 15) is 4.79 Å². The Hall–Kier alpha value is -0.610. The Morgan fingerprint density at radius 2 is 2.14 bits per heavy atom. The quantitative estimate of drug-likeness (QED) is 0.464. The van der Waals surface area contributed by atoms with E-state index in [2.05, 4.69) is 5.32 Å². The molecule has 4 heteroatoms. The van der Waals surface area contributed by atoms with Gasteiger partial charge in [-0.3, -0.25) is 4.79 Å². The standard InChI is InChI=1S/C10H19NO3/c1-2-5-13-6-7-14-10(12)8-11-9-3-4-9/h9,11H,2-8H2,1H3. The molecule has 0 amide bonds. The third-order valence-electron chi connectivity index (χ3n) is 1.95. The molecular weight excluding hydrogens is 182 g/mol. The van der Waals surface area contributed by atoms with E-state index in [1.165, 1.54) is 12.8 Å². The fourth-order valence-corrected chi connectivity index (χ4v) is 1.03. The van der Waals surface area contributed by atoms with Crippen LogP contribution in [0.4, 0.5) is 0 Å². The highest BCUT2D eigenvalue weighted by Gasteiger charge is 2.21. The Labute approximate surface area is 85.0 Å². The number of nitrogens with one attached hydrogen (secondary N) is 1. The van der Waals surface area contributed by atoms with Gasteiger partial charge in [-0.2, -0.15) is 0 Å². The van der Waals surface area contributed by atoms with Crippen molar-refractivity contribution in [2.75, 3.05) is 26.4 Å². The molecule has 0 saturated heterocycles. The Bertz CT molecular complexity index is 169. The lowest BCUT2D eigenvalue weighted by molar-refractivity contribution is -0.144. The smallest absolute Gasteiger partial charge is 0.320 e. The Morgan fingerprint density at radius 3 is 2.79 bits per heavy atom. The average molecular weight is 201 g/mol. The zero-order valence-electron chi connectivity index (χ0n) is 8.75. The van der Waals surface area contributed by atoms with Crippen molar-refractivity contribution in [1.29, 1.82) is 0 Å². The molecule has 14 heavy (non-hydrogen) atoms. The lowest BCUT2D eigenvalue weighted by atomic mass is 10.5. The number of hydrogen-bond donors (Lipinski definition) is 1. The maximum Gasteiger partial charge on any atom is 0.320 e. The van der Waals surface area contributed by atoms with Crippen LogP contribution in [0.3, 0.4) is 0 Å². The van der Waals surface area contributed by atoms with Crippen LogP contribution >= 0.6 is 0 Å². The molecule has 0 radical (unpaired) electrons. The highest BCUT2D eigenvalue weighted by Crippen LogP contribution is 2.17. The minimum atomic E-state index is -0.183. The summed E-state index contributed by atoms with van der Waals surface area (Å²) in [6, 6.07) is 0.555. The molecule has 0 atom stereocenters. The highest BCUT2D eigenvalue weighted by atomic mass is 16.6. The van der Waals surface area contributed by atoms with E-state index in [4.69, 9.17) is 9.47 Å². The van der Waals surface area contributed by atoms with Crippen molar-refractivity contribution >= 4 is 5.97 Å². The molecule has 1 saturated carbocycles. The van der Waals surface area contributed by atoms with E-state index in [0.29, 0.717) is 25.8 Å². The van der Waals surface area contributed by atoms with Crippen molar-refractivity contribution in [2.24, 2.45) is 0 Å². The van der Waals surface area contributed by atoms with E-state index in [1.807, 2.05) is 6.92 Å². The topological polar surface area (TPSA) is 47.6 Å². The van der Waals surface area contributed by atoms with Crippen LogP contribution in [-0.4, -0.2) is 38.4 Å². The van der Waals surface area contributed by atoms with Gasteiger partial charge >= 0.3 is 5.97 Å². The second-order valence-corrected chi connectivity index (χ2v) is 3.49. The summed E-state index contributed by atoms with van der Waals surface area (Å²) < 4.78 is 10.1. The van der Waals surface area contributed by atoms with Crippen molar-refractivity contribution in [2.45, 2.75) is 32.2 Å². The SMILES string of the molecule is CCCOCCOC(=O)CNC1CC1. The van der Waals surface area contributed by atoms with E-state index in [1.54, 1.807) is 0 Å². The van der Waals surface area contributed by atoms with Gasteiger partial charge in [0, 0.05) is 12.6 Å². The average Bonchev–Trinajstić information content (AvgIpc) is 2.98. The molecule has 1 rings (SSSR count). The summed E-state index contributed by atoms with van der Waals surface area (Å²) >= 11 is 0. The Kier molecular flexibility index (Phi) is 5.56. The summed E-state index contributed by atoms with van der Waals surface area (Å²) in [4.78, 5) is 11.1. The molecule has 4 nitrogen and oxygen atoms in total. The van der Waals surface area contributed by atoms with Crippen LogP contribution in [-0.2, 0) is 14.3 Å². The fraction of sp³-hybridized carbons (Fsp3) is 0.900. The molecule has 1 aliphatic rings. The second kappa shape index (κ2) is 6.79. The molecule has 0 bridgehead atoms. The second-order valence-electron chi connectivity index (χ2n) is 3.49. The molecule has 0 aromatic rings. The molecule has 0 aliphatic heterocycles. The minimum Gasteiger partial charge on any atom is -0.462 e. The molecule has 0 unspecified atom stereocenters. The van der Waals surface area contributed by atoms with Gasteiger partial charge in [0.1, 0.15) is 6.61 Å². The van der Waals surface area contributed by atoms with Gasteiger partial charge in [0.15, 0.2) is 0 Å². The molecule has 82 valence electrons. The molecule has 0 spiro atoms. The zero-order chi connectivity index (χ0) is 10.2. The third-order valence-corrected chi connectivity index (χ3v) is 1.95. The molecule has 0 heterocycles. The zero-order valence-corrected chi connectivity index (χ0v) is 8.75. The van der Waals surface area contributed by atoms with Gasteiger partial charge in [-0.1, -0.05) is 6.92 Å². The van der Waals surface area contributed by atoms with Gasteiger partial charge in [0.2, 0.25) is 0 Å². The van der Waals surface area contributed by atoms with Gasteiger partial charge in [-0.05, 0) is 19.3 Å². The van der Waals surface area contributed by atoms with Crippen LogP contribution in [0, 0.1) is 0 Å². The van der Waals surface area contributed by atoms with Crippen LogP contribution in [0.15, 0.2) is 0 Å². The summed E-state index contributed by atoms with van der Waals surface area (Å²) in [5.41, 5.74) is 0. The Morgan fingerprint density at radius 1 is 1.36 bits per heavy atom. The van der Waals surface area contributed by atoms with E-state index in [-0.39, 0.29) is 5.97 Å². The number of carbonyl (C=O) groups excluding carboxylic acids is 1. The van der Waals surface area contributed by atoms with Crippen LogP contribution in [0.2, 0.25) is 0 Å². The first-order chi connectivity index (χ1) is 6.83. The monoisotopic (exact) mass is 201 g/mol. The van der Waals surface area contributed by atoms with Crippen molar-refractivity contribution in [3.8, 4) is 0 Å². The first-order valence-electron chi connectivity index (χ1n) is 5.29. The molecule has 0 aromatic heterocycles. The van der Waals surface area contributed by atoms with Gasteiger partial charge in [0.25, 0.3) is 0 Å². The summed E-state index contributed by atoms with van der Waals surface area (Å²) in [6.07, 6.45) is 3.37. The molecule has 1 aliphatic carbocycles. The predicted molar refractivity (Wildman–Crippen MR) is 53.1 cm³/mol. The number of hydrogen-bond acceptors (Lipinski definition) is 4. The normalized spacial score (nSPS) is 15.5. The minimum absolute atomic E-state index is 0.183. The van der Waals surface area contributed by atoms with E-state index < -0.39 is 0 Å². The number of carbonyl (C=O) groups is 1. The number of rotatable bonds is 8. The summed E-state index contributed by atoms with van der Waals surface area (Å²) in [5.74, 6) is -0.183. The molecule has 1 fully saturated rings. The first kappa shape index (κ1) is 11.5. The maximum atomic E-state index is 11.1. The van der Waals surface area contributed by atoms with E-state index >= 15 is 0 Å². The van der Waals surface area contributed by atoms with Gasteiger partial charge in [-0.15, -0.1) is 0 Å². The molecule has 0 aromatic carbocycles.